The van der Waals surface area contributed by atoms with E-state index in [9.17, 15) is 9.59 Å². The average molecular weight is 334 g/mol. The summed E-state index contributed by atoms with van der Waals surface area (Å²) in [6, 6.07) is 8.07. The summed E-state index contributed by atoms with van der Waals surface area (Å²) < 4.78 is 5.10. The molecule has 0 aliphatic rings. The van der Waals surface area contributed by atoms with Crippen molar-refractivity contribution >= 4 is 34.5 Å². The Morgan fingerprint density at radius 3 is 2.87 bits per heavy atom. The lowest BCUT2D eigenvalue weighted by Crippen LogP contribution is -2.38. The molecule has 124 valence electrons. The topological polar surface area (TPSA) is 71.2 Å². The highest BCUT2D eigenvalue weighted by Crippen LogP contribution is 2.17. The number of benzene rings is 1. The molecule has 0 saturated carbocycles. The minimum atomic E-state index is -0.706. The molecule has 0 aliphatic heterocycles. The molecule has 1 atom stereocenters. The van der Waals surface area contributed by atoms with E-state index in [0.717, 1.165) is 23.3 Å². The summed E-state index contributed by atoms with van der Waals surface area (Å²) in [6.45, 7) is 1.84. The Labute approximate surface area is 140 Å². The molecular weight excluding hydrogens is 312 g/mol. The molecule has 5 nitrogen and oxygen atoms in total. The molecule has 0 bridgehead atoms. The van der Waals surface area contributed by atoms with Crippen LogP contribution in [0.3, 0.4) is 0 Å². The number of rotatable bonds is 8. The number of hydrogen-bond donors (Lipinski definition) is 2. The summed E-state index contributed by atoms with van der Waals surface area (Å²) in [5.41, 5.74) is 2.25. The van der Waals surface area contributed by atoms with Crippen LogP contribution in [0, 0.1) is 0 Å². The fourth-order valence-electron chi connectivity index (χ4n) is 2.44. The fraction of sp³-hybridized carbons (Fsp3) is 0.412. The Balaban J connectivity index is 1.88. The predicted octanol–water partition coefficient (Wildman–Crippen LogP) is 2.51. The average Bonchev–Trinajstić information content (AvgIpc) is 2.94. The van der Waals surface area contributed by atoms with E-state index in [1.807, 2.05) is 30.7 Å². The molecule has 2 N–H and O–H groups in total. The molecule has 0 fully saturated rings. The molecule has 0 aliphatic carbocycles. The third-order valence-electron chi connectivity index (χ3n) is 3.55. The van der Waals surface area contributed by atoms with Crippen LogP contribution in [0.5, 0.6) is 0 Å². The number of fused-ring (bicyclic) bond motifs is 1. The van der Waals surface area contributed by atoms with Crippen molar-refractivity contribution in [2.45, 2.75) is 25.9 Å². The number of H-pyrrole nitrogens is 1. The van der Waals surface area contributed by atoms with Gasteiger partial charge in [0, 0.05) is 37.0 Å². The zero-order chi connectivity index (χ0) is 16.7. The van der Waals surface area contributed by atoms with Gasteiger partial charge in [0.2, 0.25) is 0 Å². The highest BCUT2D eigenvalue weighted by atomic mass is 32.2. The summed E-state index contributed by atoms with van der Waals surface area (Å²) in [4.78, 5) is 26.5. The van der Waals surface area contributed by atoms with Gasteiger partial charge in [-0.15, -0.1) is 0 Å². The summed E-state index contributed by atoms with van der Waals surface area (Å²) in [7, 11) is 0. The van der Waals surface area contributed by atoms with Gasteiger partial charge in [-0.1, -0.05) is 18.2 Å². The van der Waals surface area contributed by atoms with Crippen molar-refractivity contribution in [3.05, 3.63) is 36.0 Å². The highest BCUT2D eigenvalue weighted by molar-refractivity contribution is 7.98. The van der Waals surface area contributed by atoms with Crippen LogP contribution in [0.15, 0.2) is 30.5 Å². The number of nitrogens with one attached hydrogen (secondary N) is 2. The van der Waals surface area contributed by atoms with E-state index in [1.54, 1.807) is 11.8 Å². The van der Waals surface area contributed by atoms with Crippen molar-refractivity contribution in [1.82, 2.24) is 10.3 Å². The second-order valence-corrected chi connectivity index (χ2v) is 6.27. The first kappa shape index (κ1) is 17.4. The third-order valence-corrected chi connectivity index (χ3v) is 4.20. The van der Waals surface area contributed by atoms with Crippen molar-refractivity contribution in [2.24, 2.45) is 0 Å². The zero-order valence-electron chi connectivity index (χ0n) is 13.4. The van der Waals surface area contributed by atoms with Crippen molar-refractivity contribution < 1.29 is 14.3 Å². The van der Waals surface area contributed by atoms with Gasteiger partial charge in [0.05, 0.1) is 0 Å². The lowest BCUT2D eigenvalue weighted by atomic mass is 10.1. The van der Waals surface area contributed by atoms with Crippen LogP contribution >= 0.6 is 11.8 Å². The first-order valence-electron chi connectivity index (χ1n) is 7.60. The van der Waals surface area contributed by atoms with E-state index in [1.165, 1.54) is 12.3 Å². The van der Waals surface area contributed by atoms with Gasteiger partial charge < -0.3 is 15.0 Å². The standard InChI is InChI=1S/C17H22N2O3S/c1-12(20)22-16(8-10-23-2)17(21)18-9-7-13-11-19-15-6-4-3-5-14(13)15/h3-6,11,16,19H,7-10H2,1-2H3,(H,18,21). The molecule has 6 heteroatoms. The Kier molecular flexibility index (Phi) is 6.52. The largest absolute Gasteiger partial charge is 0.452 e. The Morgan fingerprint density at radius 1 is 1.35 bits per heavy atom. The number of carbonyl (C=O) groups excluding carboxylic acids is 2. The first-order valence-corrected chi connectivity index (χ1v) is 9.00. The molecule has 1 aromatic heterocycles. The molecular formula is C17H22N2O3S. The number of esters is 1. The molecule has 1 heterocycles. The van der Waals surface area contributed by atoms with Crippen LogP contribution in [-0.2, 0) is 20.7 Å². The fourth-order valence-corrected chi connectivity index (χ4v) is 2.89. The maximum absolute atomic E-state index is 12.2. The number of thioether (sulfide) groups is 1. The summed E-state index contributed by atoms with van der Waals surface area (Å²) in [5, 5.41) is 4.03. The van der Waals surface area contributed by atoms with Gasteiger partial charge in [-0.05, 0) is 30.1 Å². The van der Waals surface area contributed by atoms with Crippen LogP contribution in [0.2, 0.25) is 0 Å². The monoisotopic (exact) mass is 334 g/mol. The lowest BCUT2D eigenvalue weighted by molar-refractivity contribution is -0.153. The molecule has 1 aromatic carbocycles. The van der Waals surface area contributed by atoms with E-state index in [4.69, 9.17) is 4.74 Å². The van der Waals surface area contributed by atoms with Crippen LogP contribution < -0.4 is 5.32 Å². The van der Waals surface area contributed by atoms with Crippen LogP contribution in [-0.4, -0.2) is 41.5 Å². The van der Waals surface area contributed by atoms with E-state index in [-0.39, 0.29) is 5.91 Å². The second kappa shape index (κ2) is 8.62. The van der Waals surface area contributed by atoms with E-state index < -0.39 is 12.1 Å². The number of aromatic nitrogens is 1. The van der Waals surface area contributed by atoms with Gasteiger partial charge in [0.1, 0.15) is 0 Å². The number of ether oxygens (including phenoxy) is 1. The minimum absolute atomic E-state index is 0.228. The van der Waals surface area contributed by atoms with Crippen LogP contribution in [0.25, 0.3) is 10.9 Å². The van der Waals surface area contributed by atoms with E-state index in [2.05, 4.69) is 16.4 Å². The van der Waals surface area contributed by atoms with Gasteiger partial charge in [-0.2, -0.15) is 11.8 Å². The Hall–Kier alpha value is -1.95. The van der Waals surface area contributed by atoms with E-state index in [0.29, 0.717) is 13.0 Å². The quantitative estimate of drug-likeness (QED) is 0.728. The molecule has 0 radical (unpaired) electrons. The van der Waals surface area contributed by atoms with Gasteiger partial charge in [-0.3, -0.25) is 9.59 Å². The van der Waals surface area contributed by atoms with E-state index >= 15 is 0 Å². The number of aromatic amines is 1. The van der Waals surface area contributed by atoms with Gasteiger partial charge in [0.15, 0.2) is 6.10 Å². The third kappa shape index (κ3) is 5.03. The normalized spacial score (nSPS) is 12.1. The Morgan fingerprint density at radius 2 is 2.13 bits per heavy atom. The summed E-state index contributed by atoms with van der Waals surface area (Å²) in [5.74, 6) is 0.116. The molecule has 23 heavy (non-hydrogen) atoms. The number of carbonyl (C=O) groups is 2. The van der Waals surface area contributed by atoms with Crippen molar-refractivity contribution in [3.8, 4) is 0 Å². The smallest absolute Gasteiger partial charge is 0.303 e. The lowest BCUT2D eigenvalue weighted by Gasteiger charge is -2.16. The maximum Gasteiger partial charge on any atom is 0.303 e. The molecule has 0 spiro atoms. The van der Waals surface area contributed by atoms with Crippen molar-refractivity contribution in [1.29, 1.82) is 0 Å². The maximum atomic E-state index is 12.2. The van der Waals surface area contributed by atoms with Gasteiger partial charge in [0.25, 0.3) is 5.91 Å². The predicted molar refractivity (Wildman–Crippen MR) is 93.6 cm³/mol. The molecule has 2 rings (SSSR count). The van der Waals surface area contributed by atoms with Crippen molar-refractivity contribution in [2.75, 3.05) is 18.6 Å². The van der Waals surface area contributed by atoms with Crippen molar-refractivity contribution in [3.63, 3.8) is 0 Å². The van der Waals surface area contributed by atoms with Crippen LogP contribution in [0.4, 0.5) is 0 Å². The zero-order valence-corrected chi connectivity index (χ0v) is 14.2. The highest BCUT2D eigenvalue weighted by Gasteiger charge is 2.20. The first-order chi connectivity index (χ1) is 11.1. The number of para-hydroxylation sites is 1. The summed E-state index contributed by atoms with van der Waals surface area (Å²) in [6.07, 6.45) is 4.47. The molecule has 2 aromatic rings. The number of hydrogen-bond acceptors (Lipinski definition) is 4. The molecule has 1 unspecified atom stereocenters. The van der Waals surface area contributed by atoms with Gasteiger partial charge >= 0.3 is 5.97 Å². The van der Waals surface area contributed by atoms with Gasteiger partial charge in [-0.25, -0.2) is 0 Å². The number of amides is 1. The minimum Gasteiger partial charge on any atom is -0.452 e. The van der Waals surface area contributed by atoms with Crippen LogP contribution in [0.1, 0.15) is 18.9 Å². The Bertz CT molecular complexity index is 669. The molecule has 0 saturated heterocycles. The second-order valence-electron chi connectivity index (χ2n) is 5.28. The SMILES string of the molecule is CSCCC(OC(C)=O)C(=O)NCCc1c[nH]c2ccccc12. The summed E-state index contributed by atoms with van der Waals surface area (Å²) >= 11 is 1.62. The molecule has 1 amide bonds.